The number of carboxylic acids is 1. The van der Waals surface area contributed by atoms with Crippen molar-refractivity contribution in [3.05, 3.63) is 65.0 Å². The van der Waals surface area contributed by atoms with Gasteiger partial charge in [0.25, 0.3) is 0 Å². The maximum atomic E-state index is 12.8. The van der Waals surface area contributed by atoms with E-state index >= 15 is 0 Å². The minimum absolute atomic E-state index is 0.0505. The van der Waals surface area contributed by atoms with Crippen molar-refractivity contribution in [3.63, 3.8) is 0 Å². The van der Waals surface area contributed by atoms with Gasteiger partial charge < -0.3 is 10.0 Å². The van der Waals surface area contributed by atoms with Gasteiger partial charge in [-0.05, 0) is 41.7 Å². The monoisotopic (exact) mass is 502 g/mol. The molecule has 0 saturated heterocycles. The standard InChI is InChI=1S/C28H33F3N2O3/c1-2-3-4-5-6-7-8-9-10-11-12-25-18-15-23(19-32-25)21-33(26(34)27(35)36)20-22-13-16-24(17-14-22)28(29,30)31/h13-19H,2-10,20-21H2,1H3,(H,35,36). The van der Waals surface area contributed by atoms with Crippen LogP contribution in [0.2, 0.25) is 0 Å². The quantitative estimate of drug-likeness (QED) is 0.202. The Morgan fingerprint density at radius 1 is 0.889 bits per heavy atom. The Kier molecular flexibility index (Phi) is 12.0. The third kappa shape index (κ3) is 10.5. The van der Waals surface area contributed by atoms with Crippen LogP contribution in [0.25, 0.3) is 0 Å². The minimum Gasteiger partial charge on any atom is -0.474 e. The number of carboxylic acid groups (broad SMARTS) is 1. The van der Waals surface area contributed by atoms with Crippen LogP contribution in [0.1, 0.15) is 87.1 Å². The molecule has 0 unspecified atom stereocenters. The summed E-state index contributed by atoms with van der Waals surface area (Å²) in [5, 5.41) is 9.15. The molecule has 0 aliphatic heterocycles. The van der Waals surface area contributed by atoms with E-state index in [4.69, 9.17) is 5.11 Å². The van der Waals surface area contributed by atoms with Gasteiger partial charge in [-0.3, -0.25) is 4.79 Å². The average Bonchev–Trinajstić information content (AvgIpc) is 2.85. The van der Waals surface area contributed by atoms with Crippen molar-refractivity contribution in [2.24, 2.45) is 0 Å². The van der Waals surface area contributed by atoms with E-state index < -0.39 is 23.6 Å². The number of benzene rings is 1. The molecule has 1 aromatic carbocycles. The first-order chi connectivity index (χ1) is 17.2. The fourth-order valence-corrected chi connectivity index (χ4v) is 3.67. The van der Waals surface area contributed by atoms with Crippen molar-refractivity contribution in [1.82, 2.24) is 9.88 Å². The Morgan fingerprint density at radius 3 is 2.03 bits per heavy atom. The molecule has 0 bridgehead atoms. The topological polar surface area (TPSA) is 70.5 Å². The fourth-order valence-electron chi connectivity index (χ4n) is 3.67. The summed E-state index contributed by atoms with van der Waals surface area (Å²) in [4.78, 5) is 28.7. The van der Waals surface area contributed by atoms with Crippen molar-refractivity contribution in [2.45, 2.75) is 84.0 Å². The molecule has 194 valence electrons. The number of carbonyl (C=O) groups excluding carboxylic acids is 1. The zero-order valence-electron chi connectivity index (χ0n) is 20.6. The zero-order valence-corrected chi connectivity index (χ0v) is 20.6. The summed E-state index contributed by atoms with van der Waals surface area (Å²) in [6.45, 7) is 2.01. The third-order valence-electron chi connectivity index (χ3n) is 5.69. The van der Waals surface area contributed by atoms with Crippen molar-refractivity contribution in [3.8, 4) is 11.8 Å². The number of alkyl halides is 3. The summed E-state index contributed by atoms with van der Waals surface area (Å²) in [5.41, 5.74) is 0.738. The molecule has 1 heterocycles. The van der Waals surface area contributed by atoms with E-state index in [0.29, 0.717) is 16.8 Å². The van der Waals surface area contributed by atoms with Gasteiger partial charge in [0, 0.05) is 25.7 Å². The lowest BCUT2D eigenvalue weighted by atomic mass is 10.1. The third-order valence-corrected chi connectivity index (χ3v) is 5.69. The number of pyridine rings is 1. The normalized spacial score (nSPS) is 11.0. The first kappa shape index (κ1) is 28.9. The number of halogens is 3. The molecule has 1 amide bonds. The Bertz CT molecular complexity index is 1020. The molecule has 2 rings (SSSR count). The van der Waals surface area contributed by atoms with Crippen molar-refractivity contribution < 1.29 is 27.9 Å². The highest BCUT2D eigenvalue weighted by Gasteiger charge is 2.30. The number of nitrogens with zero attached hydrogens (tertiary/aromatic N) is 2. The lowest BCUT2D eigenvalue weighted by molar-refractivity contribution is -0.156. The second-order valence-electron chi connectivity index (χ2n) is 8.74. The number of unbranched alkanes of at least 4 members (excludes halogenated alkanes) is 8. The van der Waals surface area contributed by atoms with Gasteiger partial charge in [-0.25, -0.2) is 9.78 Å². The van der Waals surface area contributed by atoms with E-state index in [2.05, 4.69) is 23.7 Å². The van der Waals surface area contributed by atoms with Crippen molar-refractivity contribution in [2.75, 3.05) is 0 Å². The molecule has 0 radical (unpaired) electrons. The number of carbonyl (C=O) groups is 2. The van der Waals surface area contributed by atoms with E-state index in [1.165, 1.54) is 63.3 Å². The van der Waals surface area contributed by atoms with Crippen LogP contribution in [0.4, 0.5) is 13.2 Å². The van der Waals surface area contributed by atoms with E-state index in [1.54, 1.807) is 12.1 Å². The van der Waals surface area contributed by atoms with Crippen LogP contribution in [-0.4, -0.2) is 26.9 Å². The molecule has 5 nitrogen and oxygen atoms in total. The van der Waals surface area contributed by atoms with Crippen molar-refractivity contribution in [1.29, 1.82) is 0 Å². The fraction of sp³-hybridized carbons (Fsp3) is 0.464. The molecule has 36 heavy (non-hydrogen) atoms. The highest BCUT2D eigenvalue weighted by Crippen LogP contribution is 2.29. The summed E-state index contributed by atoms with van der Waals surface area (Å²) in [6.07, 6.45) is 7.75. The Morgan fingerprint density at radius 2 is 1.47 bits per heavy atom. The Hall–Kier alpha value is -3.34. The van der Waals surface area contributed by atoms with Gasteiger partial charge in [-0.15, -0.1) is 0 Å². The van der Waals surface area contributed by atoms with Crippen LogP contribution in [-0.2, 0) is 28.9 Å². The SMILES string of the molecule is CCCCCCCCCCC#Cc1ccc(CN(Cc2ccc(C(F)(F)F)cc2)C(=O)C(=O)O)cn1. The van der Waals surface area contributed by atoms with Crippen LogP contribution in [0, 0.1) is 11.8 Å². The number of hydrogen-bond acceptors (Lipinski definition) is 3. The second-order valence-corrected chi connectivity index (χ2v) is 8.74. The summed E-state index contributed by atoms with van der Waals surface area (Å²) in [6, 6.07) is 7.69. The number of rotatable bonds is 12. The predicted octanol–water partition coefficient (Wildman–Crippen LogP) is 6.60. The highest BCUT2D eigenvalue weighted by molar-refractivity contribution is 6.31. The molecule has 0 aliphatic rings. The first-order valence-corrected chi connectivity index (χ1v) is 12.3. The summed E-state index contributed by atoms with van der Waals surface area (Å²) >= 11 is 0. The maximum Gasteiger partial charge on any atom is 0.416 e. The van der Waals surface area contributed by atoms with Gasteiger partial charge in [0.15, 0.2) is 0 Å². The largest absolute Gasteiger partial charge is 0.474 e. The first-order valence-electron chi connectivity index (χ1n) is 12.3. The van der Waals surface area contributed by atoms with E-state index in [0.717, 1.165) is 29.9 Å². The second kappa shape index (κ2) is 14.9. The average molecular weight is 503 g/mol. The van der Waals surface area contributed by atoms with Gasteiger partial charge in [0.2, 0.25) is 0 Å². The Balaban J connectivity index is 1.89. The molecule has 0 aliphatic carbocycles. The van der Waals surface area contributed by atoms with Crippen LogP contribution >= 0.6 is 0 Å². The number of aliphatic carboxylic acids is 1. The molecular formula is C28H33F3N2O3. The lowest BCUT2D eigenvalue weighted by Crippen LogP contribution is -2.35. The number of amides is 1. The molecule has 2 aromatic rings. The summed E-state index contributed by atoms with van der Waals surface area (Å²) in [7, 11) is 0. The van der Waals surface area contributed by atoms with Gasteiger partial charge in [0.05, 0.1) is 5.56 Å². The molecular weight excluding hydrogens is 469 g/mol. The number of aromatic nitrogens is 1. The highest BCUT2D eigenvalue weighted by atomic mass is 19.4. The lowest BCUT2D eigenvalue weighted by Gasteiger charge is -2.21. The smallest absolute Gasteiger partial charge is 0.416 e. The predicted molar refractivity (Wildman–Crippen MR) is 132 cm³/mol. The van der Waals surface area contributed by atoms with E-state index in [1.807, 2.05) is 0 Å². The summed E-state index contributed by atoms with van der Waals surface area (Å²) < 4.78 is 38.3. The van der Waals surface area contributed by atoms with Crippen molar-refractivity contribution >= 4 is 11.9 Å². The van der Waals surface area contributed by atoms with Gasteiger partial charge in [-0.2, -0.15) is 13.2 Å². The van der Waals surface area contributed by atoms with Crippen LogP contribution in [0.3, 0.4) is 0 Å². The molecule has 1 aromatic heterocycles. The Labute approximate surface area is 210 Å². The molecule has 8 heteroatoms. The van der Waals surface area contributed by atoms with E-state index in [-0.39, 0.29) is 13.1 Å². The molecule has 0 atom stereocenters. The van der Waals surface area contributed by atoms with Crippen LogP contribution in [0.15, 0.2) is 42.6 Å². The molecule has 0 spiro atoms. The minimum atomic E-state index is -4.47. The molecule has 0 saturated carbocycles. The van der Waals surface area contributed by atoms with Gasteiger partial charge >= 0.3 is 18.1 Å². The number of hydrogen-bond donors (Lipinski definition) is 1. The van der Waals surface area contributed by atoms with Gasteiger partial charge in [-0.1, -0.05) is 76.0 Å². The van der Waals surface area contributed by atoms with E-state index in [9.17, 15) is 22.8 Å². The van der Waals surface area contributed by atoms with Gasteiger partial charge in [0.1, 0.15) is 5.69 Å². The zero-order chi connectivity index (χ0) is 26.4. The molecule has 0 fully saturated rings. The summed E-state index contributed by atoms with van der Waals surface area (Å²) in [5.74, 6) is 3.34. The maximum absolute atomic E-state index is 12.8. The molecule has 1 N–H and O–H groups in total. The van der Waals surface area contributed by atoms with Crippen LogP contribution < -0.4 is 0 Å². The van der Waals surface area contributed by atoms with Crippen LogP contribution in [0.5, 0.6) is 0 Å².